The van der Waals surface area contributed by atoms with Gasteiger partial charge in [-0.25, -0.2) is 20.4 Å². The molecule has 0 bridgehead atoms. The van der Waals surface area contributed by atoms with E-state index in [-0.39, 0.29) is 11.1 Å². The number of amides is 3. The van der Waals surface area contributed by atoms with Crippen LogP contribution >= 0.6 is 0 Å². The Labute approximate surface area is 186 Å². The van der Waals surface area contributed by atoms with E-state index in [2.05, 4.69) is 13.2 Å². The van der Waals surface area contributed by atoms with Gasteiger partial charge < -0.3 is 30.9 Å². The molecule has 0 aliphatic heterocycles. The van der Waals surface area contributed by atoms with E-state index in [1.54, 1.807) is 10.9 Å². The summed E-state index contributed by atoms with van der Waals surface area (Å²) in [6.07, 6.45) is -9.37. The van der Waals surface area contributed by atoms with Gasteiger partial charge in [0.1, 0.15) is 18.3 Å². The molecule has 0 aliphatic rings. The lowest BCUT2D eigenvalue weighted by Crippen LogP contribution is -2.66. The standard InChI is InChI=1S/C20H33N3O9/c1-8(2)13(25)10(5)20(11(6)14(26)9(3)4,32-19(31)23-22-18(21)30)17(29)16(28)15(27)12(7)24/h10-12,15-17,24,27-29H,1,3H2,2,4-7H3,(H,23,31)(H3,21,22,30)/t10?,11?,12-,15+,16-,17-,20?/m0/s1. The topological polar surface area (TPSA) is 209 Å². The van der Waals surface area contributed by atoms with Gasteiger partial charge in [0.25, 0.3) is 0 Å². The smallest absolute Gasteiger partial charge is 0.426 e. The Kier molecular flexibility index (Phi) is 10.7. The summed E-state index contributed by atoms with van der Waals surface area (Å²) in [6.45, 7) is 13.3. The minimum atomic E-state index is -2.51. The van der Waals surface area contributed by atoms with Crippen molar-refractivity contribution in [3.63, 3.8) is 0 Å². The molecule has 0 aromatic heterocycles. The van der Waals surface area contributed by atoms with Crippen LogP contribution in [0.4, 0.5) is 9.59 Å². The molecule has 12 nitrogen and oxygen atoms in total. The van der Waals surface area contributed by atoms with Gasteiger partial charge in [-0.3, -0.25) is 9.59 Å². The Balaban J connectivity index is 6.85. The van der Waals surface area contributed by atoms with Crippen LogP contribution in [-0.2, 0) is 14.3 Å². The third kappa shape index (κ3) is 6.60. The van der Waals surface area contributed by atoms with Crippen LogP contribution < -0.4 is 16.6 Å². The summed E-state index contributed by atoms with van der Waals surface area (Å²) in [6, 6.07) is -1.17. The number of nitrogens with one attached hydrogen (secondary N) is 2. The molecule has 0 aromatic carbocycles. The summed E-state index contributed by atoms with van der Waals surface area (Å²) in [5, 5.41) is 41.4. The van der Waals surface area contributed by atoms with Crippen molar-refractivity contribution in [2.24, 2.45) is 17.6 Å². The lowest BCUT2D eigenvalue weighted by atomic mass is 9.67. The summed E-state index contributed by atoms with van der Waals surface area (Å²) in [5.41, 5.74) is 5.84. The van der Waals surface area contributed by atoms with Crippen molar-refractivity contribution in [2.75, 3.05) is 0 Å². The molecule has 0 aromatic rings. The van der Waals surface area contributed by atoms with Crippen molar-refractivity contribution in [1.29, 1.82) is 0 Å². The second kappa shape index (κ2) is 11.7. The number of hydrogen-bond donors (Lipinski definition) is 7. The number of Topliss-reactive ketones (excluding diaryl/α,β-unsaturated/α-hetero) is 2. The molecule has 0 aliphatic carbocycles. The lowest BCUT2D eigenvalue weighted by molar-refractivity contribution is -0.201. The van der Waals surface area contributed by atoms with Gasteiger partial charge in [0.15, 0.2) is 17.2 Å². The second-order valence-electron chi connectivity index (χ2n) is 7.76. The maximum absolute atomic E-state index is 12.8. The molecule has 182 valence electrons. The van der Waals surface area contributed by atoms with Gasteiger partial charge in [0.05, 0.1) is 17.9 Å². The van der Waals surface area contributed by atoms with Crippen molar-refractivity contribution >= 4 is 23.7 Å². The number of rotatable bonds is 11. The van der Waals surface area contributed by atoms with Gasteiger partial charge >= 0.3 is 12.1 Å². The van der Waals surface area contributed by atoms with Crippen molar-refractivity contribution < 1.29 is 44.3 Å². The number of carbonyl (C=O) groups excluding carboxylic acids is 4. The molecular formula is C20H33N3O9. The van der Waals surface area contributed by atoms with E-state index in [9.17, 15) is 39.6 Å². The van der Waals surface area contributed by atoms with Crippen molar-refractivity contribution in [3.8, 4) is 0 Å². The first-order chi connectivity index (χ1) is 14.5. The quantitative estimate of drug-likeness (QED) is 0.150. The molecule has 0 spiro atoms. The van der Waals surface area contributed by atoms with Gasteiger partial charge in [0, 0.05) is 0 Å². The van der Waals surface area contributed by atoms with Crippen molar-refractivity contribution in [1.82, 2.24) is 10.9 Å². The van der Waals surface area contributed by atoms with Gasteiger partial charge in [-0.1, -0.05) is 27.0 Å². The number of urea groups is 1. The van der Waals surface area contributed by atoms with E-state index in [1.807, 2.05) is 0 Å². The highest BCUT2D eigenvalue weighted by Gasteiger charge is 2.58. The summed E-state index contributed by atoms with van der Waals surface area (Å²) in [7, 11) is 0. The molecule has 32 heavy (non-hydrogen) atoms. The number of hydrogen-bond acceptors (Lipinski definition) is 9. The fraction of sp³-hybridized carbons (Fsp3) is 0.600. The first-order valence-corrected chi connectivity index (χ1v) is 9.68. The SMILES string of the molecule is C=C(C)C(=O)C(C)C(OC(=O)NNC(N)=O)(C(C)C(=O)C(=C)C)[C@@H](O)[C@@H](O)[C@H](O)[C@H](C)O. The van der Waals surface area contributed by atoms with Crippen molar-refractivity contribution in [2.45, 2.75) is 64.6 Å². The predicted octanol–water partition coefficient (Wildman–Crippen LogP) is -0.939. The Morgan fingerprint density at radius 1 is 0.844 bits per heavy atom. The molecule has 0 saturated carbocycles. The highest BCUT2D eigenvalue weighted by Crippen LogP contribution is 2.39. The number of hydrazine groups is 1. The van der Waals surface area contributed by atoms with Crippen LogP contribution in [-0.4, -0.2) is 74.1 Å². The number of aliphatic hydroxyl groups excluding tert-OH is 4. The van der Waals surface area contributed by atoms with E-state index in [0.717, 1.165) is 6.92 Å². The highest BCUT2D eigenvalue weighted by atomic mass is 16.6. The number of carbonyl (C=O) groups is 4. The zero-order chi connectivity index (χ0) is 25.5. The first-order valence-electron chi connectivity index (χ1n) is 9.68. The summed E-state index contributed by atoms with van der Waals surface area (Å²) in [4.78, 5) is 49.0. The Morgan fingerprint density at radius 3 is 1.56 bits per heavy atom. The van der Waals surface area contributed by atoms with Crippen LogP contribution in [0.15, 0.2) is 24.3 Å². The Bertz CT molecular complexity index is 733. The summed E-state index contributed by atoms with van der Waals surface area (Å²) < 4.78 is 5.32. The average Bonchev–Trinajstić information content (AvgIpc) is 2.71. The van der Waals surface area contributed by atoms with Crippen LogP contribution in [0.3, 0.4) is 0 Å². The minimum Gasteiger partial charge on any atom is -0.437 e. The molecule has 2 unspecified atom stereocenters. The third-order valence-corrected chi connectivity index (χ3v) is 5.17. The van der Waals surface area contributed by atoms with Gasteiger partial charge in [-0.05, 0) is 31.9 Å². The van der Waals surface area contributed by atoms with Gasteiger partial charge in [-0.15, -0.1) is 0 Å². The van der Waals surface area contributed by atoms with Crippen LogP contribution in [0.25, 0.3) is 0 Å². The molecular weight excluding hydrogens is 426 g/mol. The zero-order valence-electron chi connectivity index (χ0n) is 18.8. The number of nitrogens with two attached hydrogens (primary N) is 1. The number of primary amides is 1. The first kappa shape index (κ1) is 29.2. The molecule has 0 saturated heterocycles. The molecule has 12 heteroatoms. The van der Waals surface area contributed by atoms with E-state index in [1.165, 1.54) is 27.7 Å². The predicted molar refractivity (Wildman–Crippen MR) is 113 cm³/mol. The molecule has 3 amide bonds. The number of ketones is 2. The Morgan fingerprint density at radius 2 is 1.25 bits per heavy atom. The fourth-order valence-electron chi connectivity index (χ4n) is 3.31. The molecule has 6 atom stereocenters. The van der Waals surface area contributed by atoms with E-state index < -0.39 is 65.5 Å². The highest BCUT2D eigenvalue weighted by molar-refractivity contribution is 6.00. The monoisotopic (exact) mass is 459 g/mol. The van der Waals surface area contributed by atoms with Crippen molar-refractivity contribution in [3.05, 3.63) is 24.3 Å². The number of allylic oxidation sites excluding steroid dienone is 2. The minimum absolute atomic E-state index is 0.0196. The number of ether oxygens (including phenoxy) is 1. The van der Waals surface area contributed by atoms with E-state index in [4.69, 9.17) is 10.5 Å². The molecule has 0 heterocycles. The summed E-state index contributed by atoms with van der Waals surface area (Å²) >= 11 is 0. The normalized spacial score (nSPS) is 18.5. The second-order valence-corrected chi connectivity index (χ2v) is 7.76. The van der Waals surface area contributed by atoms with Gasteiger partial charge in [0.2, 0.25) is 0 Å². The molecule has 8 N–H and O–H groups in total. The van der Waals surface area contributed by atoms with Crippen LogP contribution in [0.2, 0.25) is 0 Å². The average molecular weight is 459 g/mol. The molecule has 0 radical (unpaired) electrons. The molecule has 0 fully saturated rings. The number of aliphatic hydroxyl groups is 4. The van der Waals surface area contributed by atoms with Crippen LogP contribution in [0, 0.1) is 11.8 Å². The molecule has 0 rings (SSSR count). The largest absolute Gasteiger partial charge is 0.437 e. The maximum Gasteiger partial charge on any atom is 0.426 e. The zero-order valence-corrected chi connectivity index (χ0v) is 18.8. The lowest BCUT2D eigenvalue weighted by Gasteiger charge is -2.46. The third-order valence-electron chi connectivity index (χ3n) is 5.17. The van der Waals surface area contributed by atoms with Crippen LogP contribution in [0.1, 0.15) is 34.6 Å². The van der Waals surface area contributed by atoms with E-state index in [0.29, 0.717) is 0 Å². The van der Waals surface area contributed by atoms with Crippen LogP contribution in [0.5, 0.6) is 0 Å². The van der Waals surface area contributed by atoms with Gasteiger partial charge in [-0.2, -0.15) is 0 Å². The maximum atomic E-state index is 12.8. The summed E-state index contributed by atoms with van der Waals surface area (Å²) in [5.74, 6) is -4.47. The van der Waals surface area contributed by atoms with E-state index >= 15 is 0 Å². The fourth-order valence-corrected chi connectivity index (χ4v) is 3.31. The Hall–Kier alpha value is -2.80.